The van der Waals surface area contributed by atoms with Crippen LogP contribution in [0, 0.1) is 6.92 Å². The first kappa shape index (κ1) is 19.2. The number of carbonyl (C=O) groups excluding carboxylic acids is 1. The summed E-state index contributed by atoms with van der Waals surface area (Å²) in [5, 5.41) is 9.42. The fourth-order valence-corrected chi connectivity index (χ4v) is 5.63. The quantitative estimate of drug-likeness (QED) is 0.434. The minimum Gasteiger partial charge on any atom is -0.467 e. The number of hydrogen-bond donors (Lipinski definition) is 2. The molecule has 1 aromatic heterocycles. The predicted molar refractivity (Wildman–Crippen MR) is 114 cm³/mol. The highest BCUT2D eigenvalue weighted by Crippen LogP contribution is 2.50. The fraction of sp³-hybridized carbons (Fsp3) is 0.429. The Morgan fingerprint density at radius 1 is 1.32 bits per heavy atom. The Kier molecular flexibility index (Phi) is 4.62. The Morgan fingerprint density at radius 2 is 2.11 bits per heavy atom. The van der Waals surface area contributed by atoms with Gasteiger partial charge >= 0.3 is 5.97 Å². The average Bonchev–Trinajstić information content (AvgIpc) is 3.09. The highest BCUT2D eigenvalue weighted by Gasteiger charge is 2.49. The van der Waals surface area contributed by atoms with E-state index in [2.05, 4.69) is 42.0 Å². The number of ether oxygens (including phenoxy) is 2. The van der Waals surface area contributed by atoms with Gasteiger partial charge in [-0.2, -0.15) is 0 Å². The minimum atomic E-state index is -0.618. The number of benzene rings is 1. The van der Waals surface area contributed by atoms with E-state index in [1.807, 2.05) is 19.1 Å². The first-order valence-corrected chi connectivity index (χ1v) is 10.6. The van der Waals surface area contributed by atoms with E-state index >= 15 is 0 Å². The summed E-state index contributed by atoms with van der Waals surface area (Å²) in [6.45, 7) is 7.60. The van der Waals surface area contributed by atoms with Gasteiger partial charge in [-0.05, 0) is 50.5 Å². The largest absolute Gasteiger partial charge is 0.467 e. The van der Waals surface area contributed by atoms with Crippen molar-refractivity contribution in [2.45, 2.75) is 57.7 Å². The van der Waals surface area contributed by atoms with Crippen molar-refractivity contribution in [1.29, 1.82) is 0 Å². The van der Waals surface area contributed by atoms with Crippen LogP contribution in [0.3, 0.4) is 0 Å². The number of rotatable bonds is 2. The Morgan fingerprint density at radius 3 is 2.75 bits per heavy atom. The van der Waals surface area contributed by atoms with Gasteiger partial charge in [-0.25, -0.2) is 0 Å². The van der Waals surface area contributed by atoms with Gasteiger partial charge in [0.15, 0.2) is 10.8 Å². The van der Waals surface area contributed by atoms with Gasteiger partial charge in [-0.3, -0.25) is 4.79 Å². The van der Waals surface area contributed by atoms with E-state index in [0.717, 1.165) is 29.7 Å². The van der Waals surface area contributed by atoms with Gasteiger partial charge in [0.25, 0.3) is 0 Å². The fourth-order valence-electron chi connectivity index (χ4n) is 4.32. The first-order valence-electron chi connectivity index (χ1n) is 9.33. The van der Waals surface area contributed by atoms with Crippen LogP contribution in [0.1, 0.15) is 55.5 Å². The third-order valence-electron chi connectivity index (χ3n) is 5.25. The van der Waals surface area contributed by atoms with Gasteiger partial charge in [0.1, 0.15) is 11.5 Å². The van der Waals surface area contributed by atoms with Gasteiger partial charge in [0.05, 0.1) is 0 Å². The van der Waals surface area contributed by atoms with Crippen molar-refractivity contribution in [3.63, 3.8) is 0 Å². The number of thiophene rings is 1. The highest BCUT2D eigenvalue weighted by atomic mass is 32.1. The maximum Gasteiger partial charge on any atom is 0.308 e. The second kappa shape index (κ2) is 6.74. The SMILES string of the molecule is CC(=O)Oc1ccc2c(c1C)O[C@]1(C[C@@H]2c2cccs2)CC(C)(C)NC(=S)N1. The molecule has 2 aromatic rings. The lowest BCUT2D eigenvalue weighted by Crippen LogP contribution is -2.69. The molecule has 0 radical (unpaired) electrons. The van der Waals surface area contributed by atoms with Crippen LogP contribution in [0.4, 0.5) is 0 Å². The van der Waals surface area contributed by atoms with Gasteiger partial charge in [0.2, 0.25) is 0 Å². The number of fused-ring (bicyclic) bond motifs is 1. The van der Waals surface area contributed by atoms with Crippen molar-refractivity contribution >= 4 is 34.6 Å². The topological polar surface area (TPSA) is 59.6 Å². The summed E-state index contributed by atoms with van der Waals surface area (Å²) < 4.78 is 12.0. The van der Waals surface area contributed by atoms with E-state index in [1.54, 1.807) is 11.3 Å². The lowest BCUT2D eigenvalue weighted by Gasteiger charge is -2.50. The minimum absolute atomic E-state index is 0.179. The van der Waals surface area contributed by atoms with Crippen molar-refractivity contribution < 1.29 is 14.3 Å². The molecule has 1 fully saturated rings. The van der Waals surface area contributed by atoms with E-state index in [0.29, 0.717) is 10.9 Å². The monoisotopic (exact) mass is 416 g/mol. The van der Waals surface area contributed by atoms with E-state index in [1.165, 1.54) is 11.8 Å². The molecule has 0 amide bonds. The second-order valence-electron chi connectivity index (χ2n) is 8.21. The zero-order valence-corrected chi connectivity index (χ0v) is 18.1. The molecule has 148 valence electrons. The highest BCUT2D eigenvalue weighted by molar-refractivity contribution is 7.80. The molecule has 1 aromatic carbocycles. The van der Waals surface area contributed by atoms with Gasteiger partial charge in [-0.15, -0.1) is 11.3 Å². The third-order valence-corrected chi connectivity index (χ3v) is 6.44. The molecule has 3 heterocycles. The van der Waals surface area contributed by atoms with E-state index in [4.69, 9.17) is 21.7 Å². The predicted octanol–water partition coefficient (Wildman–Crippen LogP) is 4.24. The number of nitrogens with one attached hydrogen (secondary N) is 2. The summed E-state index contributed by atoms with van der Waals surface area (Å²) in [7, 11) is 0. The van der Waals surface area contributed by atoms with Crippen LogP contribution in [0.2, 0.25) is 0 Å². The molecule has 0 saturated carbocycles. The van der Waals surface area contributed by atoms with Crippen LogP contribution in [0.25, 0.3) is 0 Å². The molecule has 0 unspecified atom stereocenters. The molecule has 0 aliphatic carbocycles. The van der Waals surface area contributed by atoms with Crippen LogP contribution in [-0.2, 0) is 4.79 Å². The maximum atomic E-state index is 11.5. The average molecular weight is 417 g/mol. The van der Waals surface area contributed by atoms with Gasteiger partial charge in [-0.1, -0.05) is 12.1 Å². The molecule has 2 N–H and O–H groups in total. The van der Waals surface area contributed by atoms with Crippen molar-refractivity contribution in [3.05, 3.63) is 45.6 Å². The zero-order valence-electron chi connectivity index (χ0n) is 16.4. The van der Waals surface area contributed by atoms with Gasteiger partial charge in [0, 0.05) is 47.2 Å². The Hall–Kier alpha value is -2.12. The molecule has 1 spiro atoms. The standard InChI is InChI=1S/C21H24N2O3S2/c1-12-16(25-13(2)24)8-7-14-15(17-6-5-9-28-17)10-21(26-18(12)14)11-20(3,4)22-19(27)23-21/h5-9,15H,10-11H2,1-4H3,(H2,22,23,27)/t15-,21+/m0/s1. The summed E-state index contributed by atoms with van der Waals surface area (Å²) in [5.74, 6) is 1.14. The van der Waals surface area contributed by atoms with Crippen molar-refractivity contribution in [2.75, 3.05) is 0 Å². The maximum absolute atomic E-state index is 11.5. The van der Waals surface area contributed by atoms with Crippen LogP contribution in [0.15, 0.2) is 29.6 Å². The van der Waals surface area contributed by atoms with E-state index < -0.39 is 5.72 Å². The molecule has 5 nitrogen and oxygen atoms in total. The summed E-state index contributed by atoms with van der Waals surface area (Å²) in [6.07, 6.45) is 1.52. The number of hydrogen-bond acceptors (Lipinski definition) is 5. The Balaban J connectivity index is 1.84. The molecule has 2 aliphatic heterocycles. The molecular formula is C21H24N2O3S2. The van der Waals surface area contributed by atoms with E-state index in [9.17, 15) is 4.79 Å². The van der Waals surface area contributed by atoms with Gasteiger partial charge < -0.3 is 20.1 Å². The number of carbonyl (C=O) groups is 1. The summed E-state index contributed by atoms with van der Waals surface area (Å²) in [6, 6.07) is 8.12. The second-order valence-corrected chi connectivity index (χ2v) is 9.60. The zero-order chi connectivity index (χ0) is 20.1. The molecule has 4 rings (SSSR count). The van der Waals surface area contributed by atoms with Crippen LogP contribution in [-0.4, -0.2) is 22.3 Å². The Labute approximate surface area is 174 Å². The van der Waals surface area contributed by atoms with E-state index in [-0.39, 0.29) is 17.4 Å². The normalized spacial score (nSPS) is 25.3. The number of thiocarbonyl (C=S) groups is 1. The third kappa shape index (κ3) is 3.49. The van der Waals surface area contributed by atoms with Crippen LogP contribution >= 0.6 is 23.6 Å². The van der Waals surface area contributed by atoms with Crippen LogP contribution < -0.4 is 20.1 Å². The molecule has 1 saturated heterocycles. The van der Waals surface area contributed by atoms with Crippen molar-refractivity contribution in [2.24, 2.45) is 0 Å². The summed E-state index contributed by atoms with van der Waals surface area (Å²) in [5.41, 5.74) is 1.14. The summed E-state index contributed by atoms with van der Waals surface area (Å²) >= 11 is 7.24. The Bertz CT molecular complexity index is 939. The lowest BCUT2D eigenvalue weighted by atomic mass is 9.79. The molecule has 7 heteroatoms. The first-order chi connectivity index (χ1) is 13.2. The molecule has 2 atom stereocenters. The molecule has 0 bridgehead atoms. The lowest BCUT2D eigenvalue weighted by molar-refractivity contribution is -0.131. The number of esters is 1. The summed E-state index contributed by atoms with van der Waals surface area (Å²) in [4.78, 5) is 12.8. The van der Waals surface area contributed by atoms with Crippen LogP contribution in [0.5, 0.6) is 11.5 Å². The molecular weight excluding hydrogens is 392 g/mol. The van der Waals surface area contributed by atoms with Crippen molar-refractivity contribution in [3.8, 4) is 11.5 Å². The molecule has 2 aliphatic rings. The van der Waals surface area contributed by atoms with Crippen molar-refractivity contribution in [1.82, 2.24) is 10.6 Å². The molecule has 28 heavy (non-hydrogen) atoms. The smallest absolute Gasteiger partial charge is 0.308 e.